The number of benzene rings is 1. The third-order valence-electron chi connectivity index (χ3n) is 3.01. The van der Waals surface area contributed by atoms with Gasteiger partial charge in [-0.05, 0) is 32.4 Å². The molecule has 1 aromatic heterocycles. The lowest BCUT2D eigenvalue weighted by atomic mass is 10.1. The van der Waals surface area contributed by atoms with Crippen LogP contribution in [0.3, 0.4) is 0 Å². The van der Waals surface area contributed by atoms with Crippen LogP contribution >= 0.6 is 0 Å². The Labute approximate surface area is 113 Å². The van der Waals surface area contributed by atoms with Crippen LogP contribution in [0.5, 0.6) is 0 Å². The normalized spacial score (nSPS) is 10.5. The van der Waals surface area contributed by atoms with Crippen LogP contribution in [0, 0.1) is 13.8 Å². The van der Waals surface area contributed by atoms with Crippen molar-refractivity contribution >= 4 is 5.91 Å². The summed E-state index contributed by atoms with van der Waals surface area (Å²) in [7, 11) is 0. The molecule has 19 heavy (non-hydrogen) atoms. The van der Waals surface area contributed by atoms with Crippen LogP contribution in [0.2, 0.25) is 0 Å². The summed E-state index contributed by atoms with van der Waals surface area (Å²) in [5.74, 6) is -0.0805. The largest absolute Gasteiger partial charge is 0.347 e. The molecule has 0 atom stereocenters. The Bertz CT molecular complexity index is 570. The minimum atomic E-state index is -0.0805. The summed E-state index contributed by atoms with van der Waals surface area (Å²) in [6.45, 7) is 7.14. The number of amides is 1. The summed E-state index contributed by atoms with van der Waals surface area (Å²) in [5, 5.41) is 7.20. The van der Waals surface area contributed by atoms with Gasteiger partial charge in [0.2, 0.25) is 0 Å². The van der Waals surface area contributed by atoms with E-state index in [9.17, 15) is 4.79 Å². The fourth-order valence-corrected chi connectivity index (χ4v) is 1.95. The van der Waals surface area contributed by atoms with Gasteiger partial charge in [-0.1, -0.05) is 29.8 Å². The maximum Gasteiger partial charge on any atom is 0.269 e. The van der Waals surface area contributed by atoms with Crippen LogP contribution in [0.15, 0.2) is 30.3 Å². The number of nitrogens with one attached hydrogen (secondary N) is 1. The zero-order valence-electron chi connectivity index (χ0n) is 11.6. The highest BCUT2D eigenvalue weighted by Crippen LogP contribution is 2.06. The van der Waals surface area contributed by atoms with E-state index in [1.54, 1.807) is 4.68 Å². The molecule has 0 aliphatic carbocycles. The fourth-order valence-electron chi connectivity index (χ4n) is 1.95. The molecule has 0 radical (unpaired) electrons. The Morgan fingerprint density at radius 2 is 1.95 bits per heavy atom. The molecule has 0 fully saturated rings. The number of hydrogen-bond donors (Lipinski definition) is 1. The van der Waals surface area contributed by atoms with E-state index in [4.69, 9.17) is 0 Å². The SMILES string of the molecule is CCn1nc(C)cc1C(=O)NCc1ccc(C)cc1. The van der Waals surface area contributed by atoms with Crippen molar-refractivity contribution in [2.75, 3.05) is 0 Å². The summed E-state index contributed by atoms with van der Waals surface area (Å²) in [5.41, 5.74) is 3.79. The predicted octanol–water partition coefficient (Wildman–Crippen LogP) is 2.45. The van der Waals surface area contributed by atoms with Crippen molar-refractivity contribution in [3.8, 4) is 0 Å². The highest BCUT2D eigenvalue weighted by molar-refractivity contribution is 5.92. The molecule has 1 aromatic carbocycles. The molecule has 0 aliphatic heterocycles. The maximum atomic E-state index is 12.1. The molecule has 2 aromatic rings. The lowest BCUT2D eigenvalue weighted by Crippen LogP contribution is -2.25. The van der Waals surface area contributed by atoms with Gasteiger partial charge in [0.25, 0.3) is 5.91 Å². The minimum Gasteiger partial charge on any atom is -0.347 e. The first kappa shape index (κ1) is 13.3. The van der Waals surface area contributed by atoms with Gasteiger partial charge in [-0.25, -0.2) is 0 Å². The molecule has 0 aliphatic rings. The number of aryl methyl sites for hydroxylation is 3. The van der Waals surface area contributed by atoms with Crippen molar-refractivity contribution in [1.29, 1.82) is 0 Å². The monoisotopic (exact) mass is 257 g/mol. The second-order valence-corrected chi connectivity index (χ2v) is 4.65. The molecule has 0 saturated carbocycles. The quantitative estimate of drug-likeness (QED) is 0.914. The van der Waals surface area contributed by atoms with Gasteiger partial charge in [-0.15, -0.1) is 0 Å². The summed E-state index contributed by atoms with van der Waals surface area (Å²) in [6, 6.07) is 9.95. The number of carbonyl (C=O) groups excluding carboxylic acids is 1. The Morgan fingerprint density at radius 3 is 2.58 bits per heavy atom. The summed E-state index contributed by atoms with van der Waals surface area (Å²) in [6.07, 6.45) is 0. The topological polar surface area (TPSA) is 46.9 Å². The molecule has 2 rings (SSSR count). The first-order chi connectivity index (χ1) is 9.10. The van der Waals surface area contributed by atoms with Crippen molar-refractivity contribution in [2.24, 2.45) is 0 Å². The van der Waals surface area contributed by atoms with E-state index < -0.39 is 0 Å². The first-order valence-electron chi connectivity index (χ1n) is 6.48. The second-order valence-electron chi connectivity index (χ2n) is 4.65. The van der Waals surface area contributed by atoms with Crippen molar-refractivity contribution in [3.05, 3.63) is 52.8 Å². The molecule has 0 bridgehead atoms. The van der Waals surface area contributed by atoms with E-state index >= 15 is 0 Å². The maximum absolute atomic E-state index is 12.1. The lowest BCUT2D eigenvalue weighted by molar-refractivity contribution is 0.0940. The number of carbonyl (C=O) groups is 1. The number of rotatable bonds is 4. The van der Waals surface area contributed by atoms with E-state index in [0.29, 0.717) is 18.8 Å². The Kier molecular flexibility index (Phi) is 4.00. The zero-order valence-corrected chi connectivity index (χ0v) is 11.6. The summed E-state index contributed by atoms with van der Waals surface area (Å²) >= 11 is 0. The Balaban J connectivity index is 2.03. The van der Waals surface area contributed by atoms with Crippen molar-refractivity contribution < 1.29 is 4.79 Å². The number of aromatic nitrogens is 2. The second kappa shape index (κ2) is 5.69. The third kappa shape index (κ3) is 3.22. The average Bonchev–Trinajstić information content (AvgIpc) is 2.79. The van der Waals surface area contributed by atoms with Gasteiger partial charge in [0.15, 0.2) is 0 Å². The van der Waals surface area contributed by atoms with Crippen LogP contribution in [-0.2, 0) is 13.1 Å². The Hall–Kier alpha value is -2.10. The van der Waals surface area contributed by atoms with Gasteiger partial charge < -0.3 is 5.32 Å². The van der Waals surface area contributed by atoms with Crippen LogP contribution in [-0.4, -0.2) is 15.7 Å². The molecule has 0 saturated heterocycles. The molecule has 0 unspecified atom stereocenters. The molecule has 1 amide bonds. The fraction of sp³-hybridized carbons (Fsp3) is 0.333. The van der Waals surface area contributed by atoms with Crippen molar-refractivity contribution in [2.45, 2.75) is 33.9 Å². The van der Waals surface area contributed by atoms with Crippen LogP contribution in [0.25, 0.3) is 0 Å². The zero-order chi connectivity index (χ0) is 13.8. The van der Waals surface area contributed by atoms with Crippen molar-refractivity contribution in [3.63, 3.8) is 0 Å². The van der Waals surface area contributed by atoms with E-state index in [1.165, 1.54) is 5.56 Å². The molecular formula is C15H19N3O. The molecular weight excluding hydrogens is 238 g/mol. The van der Waals surface area contributed by atoms with E-state index in [-0.39, 0.29) is 5.91 Å². The third-order valence-corrected chi connectivity index (χ3v) is 3.01. The van der Waals surface area contributed by atoms with Gasteiger partial charge >= 0.3 is 0 Å². The highest BCUT2D eigenvalue weighted by Gasteiger charge is 2.12. The predicted molar refractivity (Wildman–Crippen MR) is 75.0 cm³/mol. The summed E-state index contributed by atoms with van der Waals surface area (Å²) in [4.78, 5) is 12.1. The summed E-state index contributed by atoms with van der Waals surface area (Å²) < 4.78 is 1.72. The van der Waals surface area contributed by atoms with Gasteiger partial charge in [0, 0.05) is 13.1 Å². The van der Waals surface area contributed by atoms with E-state index in [0.717, 1.165) is 11.3 Å². The van der Waals surface area contributed by atoms with Gasteiger partial charge in [0.05, 0.1) is 5.69 Å². The molecule has 1 N–H and O–H groups in total. The van der Waals surface area contributed by atoms with Crippen molar-refractivity contribution in [1.82, 2.24) is 15.1 Å². The van der Waals surface area contributed by atoms with Crippen LogP contribution < -0.4 is 5.32 Å². The van der Waals surface area contributed by atoms with Gasteiger partial charge in [-0.2, -0.15) is 5.10 Å². The number of hydrogen-bond acceptors (Lipinski definition) is 2. The standard InChI is InChI=1S/C15H19N3O/c1-4-18-14(9-12(3)17-18)15(19)16-10-13-7-5-11(2)6-8-13/h5-9H,4,10H2,1-3H3,(H,16,19). The van der Waals surface area contributed by atoms with Crippen LogP contribution in [0.4, 0.5) is 0 Å². The molecule has 4 nitrogen and oxygen atoms in total. The molecule has 100 valence electrons. The van der Waals surface area contributed by atoms with E-state index in [1.807, 2.05) is 51.1 Å². The van der Waals surface area contributed by atoms with E-state index in [2.05, 4.69) is 10.4 Å². The minimum absolute atomic E-state index is 0.0805. The number of nitrogens with zero attached hydrogens (tertiary/aromatic N) is 2. The smallest absolute Gasteiger partial charge is 0.269 e. The first-order valence-corrected chi connectivity index (χ1v) is 6.48. The Morgan fingerprint density at radius 1 is 1.26 bits per heavy atom. The lowest BCUT2D eigenvalue weighted by Gasteiger charge is -2.07. The highest BCUT2D eigenvalue weighted by atomic mass is 16.2. The average molecular weight is 257 g/mol. The van der Waals surface area contributed by atoms with Crippen LogP contribution in [0.1, 0.15) is 34.2 Å². The van der Waals surface area contributed by atoms with Gasteiger partial charge in [-0.3, -0.25) is 9.48 Å². The molecule has 1 heterocycles. The molecule has 0 spiro atoms. The van der Waals surface area contributed by atoms with Gasteiger partial charge in [0.1, 0.15) is 5.69 Å². The molecule has 4 heteroatoms.